The summed E-state index contributed by atoms with van der Waals surface area (Å²) in [4.78, 5) is 0. The molecule has 0 bridgehead atoms. The molecule has 0 unspecified atom stereocenters. The van der Waals surface area contributed by atoms with Crippen LogP contribution in [0.4, 0.5) is 4.39 Å². The average Bonchev–Trinajstić information content (AvgIpc) is 2.36. The summed E-state index contributed by atoms with van der Waals surface area (Å²) in [6.45, 7) is 4.24. The molecule has 0 amide bonds. The molecule has 102 valence electrons. The molecule has 0 saturated heterocycles. The zero-order chi connectivity index (χ0) is 13.7. The van der Waals surface area contributed by atoms with Crippen molar-refractivity contribution in [1.82, 2.24) is 0 Å². The molecule has 4 heteroatoms. The van der Waals surface area contributed by atoms with E-state index < -0.39 is 0 Å². The van der Waals surface area contributed by atoms with Crippen molar-refractivity contribution in [3.05, 3.63) is 22.5 Å². The lowest BCUT2D eigenvalue weighted by Crippen LogP contribution is -2.06. The van der Waals surface area contributed by atoms with Crippen molar-refractivity contribution in [2.75, 3.05) is 20.8 Å². The van der Waals surface area contributed by atoms with Crippen LogP contribution in [0.2, 0.25) is 0 Å². The van der Waals surface area contributed by atoms with Gasteiger partial charge in [-0.1, -0.05) is 0 Å². The van der Waals surface area contributed by atoms with Crippen molar-refractivity contribution in [3.63, 3.8) is 0 Å². The van der Waals surface area contributed by atoms with E-state index in [1.165, 1.54) is 7.11 Å². The van der Waals surface area contributed by atoms with E-state index in [0.29, 0.717) is 23.6 Å². The van der Waals surface area contributed by atoms with E-state index in [1.54, 1.807) is 14.0 Å². The lowest BCUT2D eigenvalue weighted by atomic mass is 9.97. The van der Waals surface area contributed by atoms with E-state index in [1.807, 2.05) is 6.92 Å². The highest BCUT2D eigenvalue weighted by Gasteiger charge is 2.20. The van der Waals surface area contributed by atoms with Gasteiger partial charge in [-0.15, -0.1) is 0 Å². The summed E-state index contributed by atoms with van der Waals surface area (Å²) >= 11 is 0. The Labute approximate surface area is 108 Å². The first-order valence-electron chi connectivity index (χ1n) is 6.18. The average molecular weight is 255 g/mol. The first-order valence-corrected chi connectivity index (χ1v) is 6.18. The Kier molecular flexibility index (Phi) is 5.41. The molecule has 0 radical (unpaired) electrons. The van der Waals surface area contributed by atoms with Gasteiger partial charge in [0.2, 0.25) is 0 Å². The van der Waals surface area contributed by atoms with Crippen molar-refractivity contribution in [1.29, 1.82) is 0 Å². The van der Waals surface area contributed by atoms with Gasteiger partial charge in [0.05, 0.1) is 14.2 Å². The number of hydrogen-bond donors (Lipinski definition) is 1. The van der Waals surface area contributed by atoms with Crippen LogP contribution in [0, 0.1) is 19.7 Å². The van der Waals surface area contributed by atoms with Crippen LogP contribution in [-0.4, -0.2) is 20.8 Å². The highest BCUT2D eigenvalue weighted by atomic mass is 19.1. The lowest BCUT2D eigenvalue weighted by molar-refractivity contribution is 0.367. The smallest absolute Gasteiger partial charge is 0.171 e. The highest BCUT2D eigenvalue weighted by Crippen LogP contribution is 2.37. The minimum atomic E-state index is -0.338. The molecule has 18 heavy (non-hydrogen) atoms. The lowest BCUT2D eigenvalue weighted by Gasteiger charge is -2.18. The Morgan fingerprint density at radius 3 is 2.11 bits per heavy atom. The maximum atomic E-state index is 14.1. The molecule has 0 aliphatic rings. The fourth-order valence-corrected chi connectivity index (χ4v) is 2.23. The van der Waals surface area contributed by atoms with Crippen molar-refractivity contribution < 1.29 is 13.9 Å². The summed E-state index contributed by atoms with van der Waals surface area (Å²) in [6, 6.07) is 0. The molecule has 0 saturated carbocycles. The molecule has 0 aromatic heterocycles. The van der Waals surface area contributed by atoms with E-state index in [2.05, 4.69) is 0 Å². The predicted molar refractivity (Wildman–Crippen MR) is 71.0 cm³/mol. The summed E-state index contributed by atoms with van der Waals surface area (Å²) < 4.78 is 24.5. The summed E-state index contributed by atoms with van der Waals surface area (Å²) in [6.07, 6.45) is 2.73. The van der Waals surface area contributed by atoms with Crippen molar-refractivity contribution >= 4 is 0 Å². The van der Waals surface area contributed by atoms with Crippen LogP contribution in [0.25, 0.3) is 0 Å². The third kappa shape index (κ3) is 2.75. The number of benzene rings is 1. The van der Waals surface area contributed by atoms with Crippen LogP contribution in [0.1, 0.15) is 29.5 Å². The minimum absolute atomic E-state index is 0.316. The standard InChI is InChI=1S/C14H22FNO2/c1-9-11(7-5-6-8-16)13(17-3)10(2)12(15)14(9)18-4/h5-8,16H2,1-4H3. The van der Waals surface area contributed by atoms with Crippen LogP contribution in [0.3, 0.4) is 0 Å². The Bertz CT molecular complexity index is 419. The number of halogens is 1. The first kappa shape index (κ1) is 14.8. The molecule has 0 spiro atoms. The quantitative estimate of drug-likeness (QED) is 0.795. The van der Waals surface area contributed by atoms with Crippen LogP contribution < -0.4 is 15.2 Å². The minimum Gasteiger partial charge on any atom is -0.496 e. The molecule has 0 aliphatic heterocycles. The molecule has 3 nitrogen and oxygen atoms in total. The number of ether oxygens (including phenoxy) is 2. The zero-order valence-corrected chi connectivity index (χ0v) is 11.6. The fraction of sp³-hybridized carbons (Fsp3) is 0.571. The molecule has 1 rings (SSSR count). The first-order chi connectivity index (χ1) is 8.58. The molecule has 0 aliphatic carbocycles. The van der Waals surface area contributed by atoms with Gasteiger partial charge < -0.3 is 15.2 Å². The normalized spacial score (nSPS) is 10.6. The van der Waals surface area contributed by atoms with E-state index in [-0.39, 0.29) is 5.82 Å². The second-order valence-corrected chi connectivity index (χ2v) is 4.35. The number of hydrogen-bond acceptors (Lipinski definition) is 3. The molecule has 1 aromatic rings. The Morgan fingerprint density at radius 2 is 1.61 bits per heavy atom. The largest absolute Gasteiger partial charge is 0.496 e. The van der Waals surface area contributed by atoms with Crippen molar-refractivity contribution in [2.45, 2.75) is 33.1 Å². The Hall–Kier alpha value is -1.29. The van der Waals surface area contributed by atoms with E-state index >= 15 is 0 Å². The van der Waals surface area contributed by atoms with Gasteiger partial charge in [0.1, 0.15) is 5.75 Å². The van der Waals surface area contributed by atoms with Gasteiger partial charge in [-0.25, -0.2) is 4.39 Å². The Balaban J connectivity index is 3.24. The fourth-order valence-electron chi connectivity index (χ4n) is 2.23. The number of nitrogens with two attached hydrogens (primary N) is 1. The molecular weight excluding hydrogens is 233 g/mol. The van der Waals surface area contributed by atoms with E-state index in [9.17, 15) is 4.39 Å². The summed E-state index contributed by atoms with van der Waals surface area (Å²) in [5.41, 5.74) is 7.83. The zero-order valence-electron chi connectivity index (χ0n) is 11.6. The van der Waals surface area contributed by atoms with Gasteiger partial charge in [0, 0.05) is 16.7 Å². The topological polar surface area (TPSA) is 44.5 Å². The summed E-state index contributed by atoms with van der Waals surface area (Å²) in [7, 11) is 3.06. The second kappa shape index (κ2) is 6.59. The molecule has 0 fully saturated rings. The van der Waals surface area contributed by atoms with E-state index in [4.69, 9.17) is 15.2 Å². The van der Waals surface area contributed by atoms with Gasteiger partial charge in [0.15, 0.2) is 11.6 Å². The summed E-state index contributed by atoms with van der Waals surface area (Å²) in [5.74, 6) is 0.605. The highest BCUT2D eigenvalue weighted by molar-refractivity contribution is 5.54. The molecular formula is C14H22FNO2. The third-order valence-electron chi connectivity index (χ3n) is 3.23. The predicted octanol–water partition coefficient (Wildman–Crippen LogP) is 2.74. The van der Waals surface area contributed by atoms with Crippen LogP contribution in [0.15, 0.2) is 0 Å². The maximum absolute atomic E-state index is 14.1. The monoisotopic (exact) mass is 255 g/mol. The van der Waals surface area contributed by atoms with Crippen molar-refractivity contribution in [2.24, 2.45) is 5.73 Å². The van der Waals surface area contributed by atoms with Crippen LogP contribution in [-0.2, 0) is 6.42 Å². The summed E-state index contributed by atoms with van der Waals surface area (Å²) in [5, 5.41) is 0. The Morgan fingerprint density at radius 1 is 1.00 bits per heavy atom. The number of unbranched alkanes of at least 4 members (excludes halogenated alkanes) is 1. The second-order valence-electron chi connectivity index (χ2n) is 4.35. The van der Waals surface area contributed by atoms with E-state index in [0.717, 1.165) is 30.4 Å². The van der Waals surface area contributed by atoms with Crippen LogP contribution >= 0.6 is 0 Å². The number of rotatable bonds is 6. The van der Waals surface area contributed by atoms with Gasteiger partial charge in [-0.3, -0.25) is 0 Å². The van der Waals surface area contributed by atoms with Gasteiger partial charge in [0.25, 0.3) is 0 Å². The van der Waals surface area contributed by atoms with Crippen LogP contribution in [0.5, 0.6) is 11.5 Å². The van der Waals surface area contributed by atoms with Gasteiger partial charge in [-0.05, 0) is 39.7 Å². The van der Waals surface area contributed by atoms with Gasteiger partial charge >= 0.3 is 0 Å². The maximum Gasteiger partial charge on any atom is 0.171 e. The molecule has 0 atom stereocenters. The molecule has 2 N–H and O–H groups in total. The molecule has 1 aromatic carbocycles. The third-order valence-corrected chi connectivity index (χ3v) is 3.23. The van der Waals surface area contributed by atoms with Crippen molar-refractivity contribution in [3.8, 4) is 11.5 Å². The molecule has 0 heterocycles. The SMILES string of the molecule is COc1c(C)c(CCCCN)c(OC)c(C)c1F. The number of methoxy groups -OCH3 is 2. The van der Waals surface area contributed by atoms with Gasteiger partial charge in [-0.2, -0.15) is 0 Å².